The Balaban J connectivity index is 2.08. The third kappa shape index (κ3) is 5.35. The summed E-state index contributed by atoms with van der Waals surface area (Å²) in [6.45, 7) is 12.2. The molecule has 0 atom stereocenters. The molecule has 2 aromatic carbocycles. The zero-order valence-corrected chi connectivity index (χ0v) is 17.5. The van der Waals surface area contributed by atoms with Crippen LogP contribution >= 0.6 is 0 Å². The molecule has 0 amide bonds. The summed E-state index contributed by atoms with van der Waals surface area (Å²) in [4.78, 5) is 12.2. The van der Waals surface area contributed by atoms with Gasteiger partial charge in [0.15, 0.2) is 0 Å². The van der Waals surface area contributed by atoms with Crippen molar-refractivity contribution in [1.29, 1.82) is 0 Å². The first-order valence-corrected chi connectivity index (χ1v) is 9.85. The van der Waals surface area contributed by atoms with Gasteiger partial charge in [0.1, 0.15) is 17.1 Å². The Kier molecular flexibility index (Phi) is 6.69. The molecule has 0 bridgehead atoms. The first-order valence-electron chi connectivity index (χ1n) is 9.85. The molecule has 0 fully saturated rings. The summed E-state index contributed by atoms with van der Waals surface area (Å²) >= 11 is 0. The Hall–Kier alpha value is -2.29. The minimum Gasteiger partial charge on any atom is -0.488 e. The van der Waals surface area contributed by atoms with E-state index in [2.05, 4.69) is 32.9 Å². The number of carbonyl (C=O) groups is 1. The van der Waals surface area contributed by atoms with Crippen molar-refractivity contribution in [1.82, 2.24) is 0 Å². The summed E-state index contributed by atoms with van der Waals surface area (Å²) < 4.78 is 11.6. The fourth-order valence-corrected chi connectivity index (χ4v) is 2.50. The van der Waals surface area contributed by atoms with Crippen molar-refractivity contribution in [3.8, 4) is 22.6 Å². The predicted octanol–water partition coefficient (Wildman–Crippen LogP) is 6.65. The van der Waals surface area contributed by atoms with Crippen LogP contribution in [0.3, 0.4) is 0 Å². The van der Waals surface area contributed by atoms with Crippen LogP contribution in [0.5, 0.6) is 11.5 Å². The molecule has 146 valence electrons. The van der Waals surface area contributed by atoms with Gasteiger partial charge in [0.05, 0.1) is 5.41 Å². The van der Waals surface area contributed by atoms with Gasteiger partial charge < -0.3 is 9.47 Å². The van der Waals surface area contributed by atoms with Gasteiger partial charge in [-0.15, -0.1) is 0 Å². The van der Waals surface area contributed by atoms with Crippen LogP contribution in [0.4, 0.5) is 0 Å². The van der Waals surface area contributed by atoms with Crippen LogP contribution in [0.25, 0.3) is 11.1 Å². The number of carbonyl (C=O) groups excluding carboxylic acids is 1. The Morgan fingerprint density at radius 3 is 1.59 bits per heavy atom. The van der Waals surface area contributed by atoms with E-state index >= 15 is 0 Å². The van der Waals surface area contributed by atoms with Crippen molar-refractivity contribution in [2.24, 2.45) is 5.41 Å². The van der Waals surface area contributed by atoms with E-state index in [0.717, 1.165) is 36.1 Å². The standard InChI is InChI=1S/C24H32O3/c1-7-23(4,5)22(25)26-20-14-10-18(11-15-20)19-12-16-21(17-13-19)27-24(6,8-2)9-3/h10-17H,7-9H2,1-6H3. The molecule has 0 aromatic heterocycles. The maximum atomic E-state index is 12.2. The topological polar surface area (TPSA) is 35.5 Å². The fourth-order valence-electron chi connectivity index (χ4n) is 2.50. The van der Waals surface area contributed by atoms with Crippen LogP contribution in [0.1, 0.15) is 60.8 Å². The lowest BCUT2D eigenvalue weighted by Crippen LogP contribution is -2.30. The molecule has 0 aliphatic heterocycles. The van der Waals surface area contributed by atoms with Gasteiger partial charge >= 0.3 is 5.97 Å². The summed E-state index contributed by atoms with van der Waals surface area (Å²) in [7, 11) is 0. The SMILES string of the molecule is CCC(C)(CC)Oc1ccc(-c2ccc(OC(=O)C(C)(C)CC)cc2)cc1. The molecule has 0 N–H and O–H groups in total. The third-order valence-corrected chi connectivity index (χ3v) is 5.55. The minimum atomic E-state index is -0.472. The molecule has 0 spiro atoms. The molecule has 27 heavy (non-hydrogen) atoms. The number of hydrogen-bond acceptors (Lipinski definition) is 3. The van der Waals surface area contributed by atoms with Gasteiger partial charge in [-0.1, -0.05) is 45.0 Å². The molecule has 0 saturated carbocycles. The lowest BCUT2D eigenvalue weighted by atomic mass is 9.91. The van der Waals surface area contributed by atoms with Crippen LogP contribution in [0.2, 0.25) is 0 Å². The molecule has 0 aliphatic carbocycles. The molecular weight excluding hydrogens is 336 g/mol. The average Bonchev–Trinajstić information content (AvgIpc) is 2.69. The van der Waals surface area contributed by atoms with Crippen molar-refractivity contribution in [3.05, 3.63) is 48.5 Å². The third-order valence-electron chi connectivity index (χ3n) is 5.55. The van der Waals surface area contributed by atoms with E-state index in [4.69, 9.17) is 9.47 Å². The van der Waals surface area contributed by atoms with Crippen molar-refractivity contribution in [2.75, 3.05) is 0 Å². The van der Waals surface area contributed by atoms with Gasteiger partial charge in [0, 0.05) is 0 Å². The summed E-state index contributed by atoms with van der Waals surface area (Å²) in [5.41, 5.74) is 1.58. The molecule has 2 aromatic rings. The van der Waals surface area contributed by atoms with Crippen molar-refractivity contribution in [3.63, 3.8) is 0 Å². The molecule has 0 unspecified atom stereocenters. The highest BCUT2D eigenvalue weighted by Crippen LogP contribution is 2.29. The Morgan fingerprint density at radius 2 is 1.19 bits per heavy atom. The van der Waals surface area contributed by atoms with Crippen LogP contribution < -0.4 is 9.47 Å². The van der Waals surface area contributed by atoms with Crippen LogP contribution in [-0.2, 0) is 4.79 Å². The van der Waals surface area contributed by atoms with Gasteiger partial charge in [-0.25, -0.2) is 0 Å². The van der Waals surface area contributed by atoms with E-state index < -0.39 is 5.41 Å². The molecule has 0 saturated heterocycles. The summed E-state index contributed by atoms with van der Waals surface area (Å²) in [5.74, 6) is 1.26. The Morgan fingerprint density at radius 1 is 0.741 bits per heavy atom. The fraction of sp³-hybridized carbons (Fsp3) is 0.458. The van der Waals surface area contributed by atoms with E-state index in [-0.39, 0.29) is 11.6 Å². The number of rotatable bonds is 8. The quantitative estimate of drug-likeness (QED) is 0.386. The van der Waals surface area contributed by atoms with E-state index in [0.29, 0.717) is 5.75 Å². The largest absolute Gasteiger partial charge is 0.488 e. The maximum absolute atomic E-state index is 12.2. The number of hydrogen-bond donors (Lipinski definition) is 0. The monoisotopic (exact) mass is 368 g/mol. The highest BCUT2D eigenvalue weighted by molar-refractivity contribution is 5.78. The predicted molar refractivity (Wildman–Crippen MR) is 111 cm³/mol. The zero-order chi connectivity index (χ0) is 20.1. The maximum Gasteiger partial charge on any atom is 0.316 e. The molecule has 0 heterocycles. The summed E-state index contributed by atoms with van der Waals surface area (Å²) in [6.07, 6.45) is 2.69. The average molecular weight is 369 g/mol. The second kappa shape index (κ2) is 8.60. The molecule has 2 rings (SSSR count). The number of ether oxygens (including phenoxy) is 2. The van der Waals surface area contributed by atoms with Gasteiger partial charge in [-0.3, -0.25) is 4.79 Å². The Labute approximate surface area is 163 Å². The lowest BCUT2D eigenvalue weighted by molar-refractivity contribution is -0.144. The second-order valence-corrected chi connectivity index (χ2v) is 7.93. The molecule has 0 radical (unpaired) electrons. The second-order valence-electron chi connectivity index (χ2n) is 7.93. The van der Waals surface area contributed by atoms with Gasteiger partial charge in [0.25, 0.3) is 0 Å². The van der Waals surface area contributed by atoms with Gasteiger partial charge in [-0.2, -0.15) is 0 Å². The normalized spacial score (nSPS) is 11.9. The van der Waals surface area contributed by atoms with E-state index in [9.17, 15) is 4.79 Å². The summed E-state index contributed by atoms with van der Waals surface area (Å²) in [6, 6.07) is 15.8. The summed E-state index contributed by atoms with van der Waals surface area (Å²) in [5, 5.41) is 0. The highest BCUT2D eigenvalue weighted by Gasteiger charge is 2.27. The molecular formula is C24H32O3. The van der Waals surface area contributed by atoms with Crippen molar-refractivity contribution < 1.29 is 14.3 Å². The van der Waals surface area contributed by atoms with Crippen LogP contribution in [0, 0.1) is 5.41 Å². The highest BCUT2D eigenvalue weighted by atomic mass is 16.5. The first kappa shape index (κ1) is 21.0. The lowest BCUT2D eigenvalue weighted by Gasteiger charge is -2.28. The van der Waals surface area contributed by atoms with E-state index in [1.165, 1.54) is 0 Å². The molecule has 0 aliphatic rings. The first-order chi connectivity index (χ1) is 12.7. The molecule has 3 heteroatoms. The minimum absolute atomic E-state index is 0.126. The zero-order valence-electron chi connectivity index (χ0n) is 17.5. The van der Waals surface area contributed by atoms with Gasteiger partial charge in [-0.05, 0) is 75.4 Å². The van der Waals surface area contributed by atoms with E-state index in [1.807, 2.05) is 57.2 Å². The smallest absolute Gasteiger partial charge is 0.316 e. The van der Waals surface area contributed by atoms with Crippen LogP contribution in [0.15, 0.2) is 48.5 Å². The molecule has 3 nitrogen and oxygen atoms in total. The van der Waals surface area contributed by atoms with Crippen LogP contribution in [-0.4, -0.2) is 11.6 Å². The van der Waals surface area contributed by atoms with Gasteiger partial charge in [0.2, 0.25) is 0 Å². The van der Waals surface area contributed by atoms with Crippen molar-refractivity contribution >= 4 is 5.97 Å². The van der Waals surface area contributed by atoms with E-state index in [1.54, 1.807) is 0 Å². The van der Waals surface area contributed by atoms with Crippen molar-refractivity contribution in [2.45, 2.75) is 66.4 Å². The number of esters is 1. The Bertz CT molecular complexity index is 738. The number of benzene rings is 2.